The number of nitrogens with zero attached hydrogens (tertiary/aromatic N) is 3. The molecule has 1 spiro atoms. The number of urea groups is 1. The first kappa shape index (κ1) is 21.4. The van der Waals surface area contributed by atoms with Crippen molar-refractivity contribution in [2.24, 2.45) is 0 Å². The molecule has 0 radical (unpaired) electrons. The van der Waals surface area contributed by atoms with Gasteiger partial charge in [0.15, 0.2) is 0 Å². The highest BCUT2D eigenvalue weighted by Crippen LogP contribution is 2.33. The van der Waals surface area contributed by atoms with E-state index in [9.17, 15) is 14.4 Å². The zero-order valence-corrected chi connectivity index (χ0v) is 18.5. The minimum atomic E-state index is -0.769. The van der Waals surface area contributed by atoms with E-state index in [4.69, 9.17) is 4.74 Å². The Morgan fingerprint density at radius 1 is 1.03 bits per heavy atom. The van der Waals surface area contributed by atoms with Gasteiger partial charge in [-0.3, -0.25) is 19.4 Å². The third kappa shape index (κ3) is 4.01. The number of likely N-dealkylation sites (tertiary alicyclic amines) is 2. The van der Waals surface area contributed by atoms with E-state index in [0.29, 0.717) is 45.4 Å². The van der Waals surface area contributed by atoms with E-state index in [1.54, 1.807) is 0 Å². The molecule has 4 saturated heterocycles. The van der Waals surface area contributed by atoms with E-state index >= 15 is 0 Å². The fraction of sp³-hybridized carbons (Fsp3) is 0.625. The fourth-order valence-corrected chi connectivity index (χ4v) is 5.57. The Hall–Kier alpha value is -2.45. The molecule has 0 aromatic heterocycles. The van der Waals surface area contributed by atoms with Crippen LogP contribution in [-0.2, 0) is 20.9 Å². The fourth-order valence-electron chi connectivity index (χ4n) is 5.57. The second kappa shape index (κ2) is 8.83. The van der Waals surface area contributed by atoms with Crippen molar-refractivity contribution in [3.8, 4) is 0 Å². The lowest BCUT2D eigenvalue weighted by Gasteiger charge is -2.39. The van der Waals surface area contributed by atoms with Crippen molar-refractivity contribution in [2.75, 3.05) is 32.8 Å². The SMILES string of the molecule is O=C([C@H]1CCCO1)N1CCC(N2C(=O)NC3(CCN(Cc4ccccc4)CC3)C2=O)CC1. The summed E-state index contributed by atoms with van der Waals surface area (Å²) in [6.07, 6.45) is 3.94. The van der Waals surface area contributed by atoms with Gasteiger partial charge in [0.05, 0.1) is 0 Å². The van der Waals surface area contributed by atoms with Gasteiger partial charge in [-0.25, -0.2) is 4.79 Å². The van der Waals surface area contributed by atoms with Crippen LogP contribution in [0.1, 0.15) is 44.1 Å². The van der Waals surface area contributed by atoms with Crippen LogP contribution in [0.2, 0.25) is 0 Å². The van der Waals surface area contributed by atoms with Crippen LogP contribution in [0.15, 0.2) is 30.3 Å². The molecule has 1 atom stereocenters. The predicted octanol–water partition coefficient (Wildman–Crippen LogP) is 1.74. The molecule has 4 amide bonds. The first-order valence-electron chi connectivity index (χ1n) is 11.9. The van der Waals surface area contributed by atoms with E-state index in [-0.39, 0.29) is 30.0 Å². The van der Waals surface area contributed by atoms with E-state index in [1.165, 1.54) is 10.5 Å². The van der Waals surface area contributed by atoms with Gasteiger partial charge in [0.25, 0.3) is 11.8 Å². The Morgan fingerprint density at radius 3 is 2.41 bits per heavy atom. The highest BCUT2D eigenvalue weighted by molar-refractivity contribution is 6.07. The second-order valence-corrected chi connectivity index (χ2v) is 9.51. The third-order valence-corrected chi connectivity index (χ3v) is 7.50. The maximum Gasteiger partial charge on any atom is 0.325 e. The van der Waals surface area contributed by atoms with Gasteiger partial charge in [0.1, 0.15) is 11.6 Å². The Balaban J connectivity index is 1.16. The maximum atomic E-state index is 13.4. The summed E-state index contributed by atoms with van der Waals surface area (Å²) in [6.45, 7) is 4.21. The average molecular weight is 441 g/mol. The summed E-state index contributed by atoms with van der Waals surface area (Å²) in [5.74, 6) is -0.0221. The average Bonchev–Trinajstić information content (AvgIpc) is 3.43. The molecule has 4 aliphatic rings. The Labute approximate surface area is 188 Å². The largest absolute Gasteiger partial charge is 0.368 e. The summed E-state index contributed by atoms with van der Waals surface area (Å²) in [5, 5.41) is 3.04. The quantitative estimate of drug-likeness (QED) is 0.722. The van der Waals surface area contributed by atoms with Crippen molar-refractivity contribution in [2.45, 2.75) is 62.8 Å². The molecule has 5 rings (SSSR count). The Morgan fingerprint density at radius 2 is 1.75 bits per heavy atom. The molecule has 0 saturated carbocycles. The maximum absolute atomic E-state index is 13.4. The van der Waals surface area contributed by atoms with Gasteiger partial charge in [-0.2, -0.15) is 0 Å². The smallest absolute Gasteiger partial charge is 0.325 e. The first-order chi connectivity index (χ1) is 15.6. The zero-order valence-electron chi connectivity index (χ0n) is 18.5. The molecule has 0 aliphatic carbocycles. The second-order valence-electron chi connectivity index (χ2n) is 9.51. The molecular weight excluding hydrogens is 408 g/mol. The number of imide groups is 1. The zero-order chi connectivity index (χ0) is 22.1. The van der Waals surface area contributed by atoms with Gasteiger partial charge in [-0.15, -0.1) is 0 Å². The molecule has 1 N–H and O–H groups in total. The summed E-state index contributed by atoms with van der Waals surface area (Å²) in [5.41, 5.74) is 0.491. The summed E-state index contributed by atoms with van der Waals surface area (Å²) in [6, 6.07) is 9.92. The number of benzene rings is 1. The van der Waals surface area contributed by atoms with Crippen molar-refractivity contribution in [1.29, 1.82) is 0 Å². The highest BCUT2D eigenvalue weighted by Gasteiger charge is 2.54. The van der Waals surface area contributed by atoms with Crippen LogP contribution in [0.4, 0.5) is 4.79 Å². The van der Waals surface area contributed by atoms with E-state index in [1.807, 2.05) is 23.1 Å². The number of amides is 4. The van der Waals surface area contributed by atoms with Crippen molar-refractivity contribution < 1.29 is 19.1 Å². The Kier molecular flexibility index (Phi) is 5.90. The molecule has 4 fully saturated rings. The molecule has 1 aromatic carbocycles. The van der Waals surface area contributed by atoms with E-state index < -0.39 is 5.54 Å². The minimum Gasteiger partial charge on any atom is -0.368 e. The van der Waals surface area contributed by atoms with Gasteiger partial charge in [0.2, 0.25) is 0 Å². The summed E-state index contributed by atoms with van der Waals surface area (Å²) in [4.78, 5) is 44.5. The van der Waals surface area contributed by atoms with Crippen LogP contribution in [0.5, 0.6) is 0 Å². The molecule has 8 nitrogen and oxygen atoms in total. The van der Waals surface area contributed by atoms with Crippen LogP contribution >= 0.6 is 0 Å². The highest BCUT2D eigenvalue weighted by atomic mass is 16.5. The van der Waals surface area contributed by atoms with Crippen molar-refractivity contribution in [1.82, 2.24) is 20.0 Å². The lowest BCUT2D eigenvalue weighted by Crippen LogP contribution is -2.55. The standard InChI is InChI=1S/C24H32N4O4/c29-21(20-7-4-16-32-20)27-12-8-19(9-13-27)28-22(30)24(25-23(28)31)10-14-26(15-11-24)17-18-5-2-1-3-6-18/h1-3,5-6,19-20H,4,7-17H2,(H,25,31)/t20-/m1/s1. The Bertz CT molecular complexity index is 854. The van der Waals surface area contributed by atoms with E-state index in [0.717, 1.165) is 32.5 Å². The van der Waals surface area contributed by atoms with Gasteiger partial charge >= 0.3 is 6.03 Å². The number of hydrogen-bond donors (Lipinski definition) is 1. The number of ether oxygens (including phenoxy) is 1. The molecular formula is C24H32N4O4. The topological polar surface area (TPSA) is 82.2 Å². The molecule has 1 aromatic rings. The van der Waals surface area contributed by atoms with E-state index in [2.05, 4.69) is 22.3 Å². The molecule has 0 bridgehead atoms. The van der Waals surface area contributed by atoms with Crippen LogP contribution in [0, 0.1) is 0 Å². The predicted molar refractivity (Wildman–Crippen MR) is 118 cm³/mol. The van der Waals surface area contributed by atoms with Gasteiger partial charge in [-0.05, 0) is 44.1 Å². The van der Waals surface area contributed by atoms with Crippen molar-refractivity contribution >= 4 is 17.8 Å². The number of nitrogens with one attached hydrogen (secondary N) is 1. The monoisotopic (exact) mass is 440 g/mol. The van der Waals surface area contributed by atoms with Crippen LogP contribution in [0.3, 0.4) is 0 Å². The lowest BCUT2D eigenvalue weighted by atomic mass is 9.86. The minimum absolute atomic E-state index is 0.0559. The third-order valence-electron chi connectivity index (χ3n) is 7.50. The summed E-state index contributed by atoms with van der Waals surface area (Å²) in [7, 11) is 0. The summed E-state index contributed by atoms with van der Waals surface area (Å²) < 4.78 is 5.53. The van der Waals surface area contributed by atoms with Crippen molar-refractivity contribution in [3.05, 3.63) is 35.9 Å². The first-order valence-corrected chi connectivity index (χ1v) is 11.9. The molecule has 8 heteroatoms. The molecule has 4 heterocycles. The number of hydrogen-bond acceptors (Lipinski definition) is 5. The van der Waals surface area contributed by atoms with Gasteiger partial charge in [0, 0.05) is 45.4 Å². The molecule has 32 heavy (non-hydrogen) atoms. The molecule has 4 aliphatic heterocycles. The molecule has 172 valence electrons. The van der Waals surface area contributed by atoms with Gasteiger partial charge < -0.3 is 15.0 Å². The van der Waals surface area contributed by atoms with Crippen LogP contribution < -0.4 is 5.32 Å². The van der Waals surface area contributed by atoms with Crippen LogP contribution in [-0.4, -0.2) is 83.0 Å². The molecule has 0 unspecified atom stereocenters. The van der Waals surface area contributed by atoms with Crippen molar-refractivity contribution in [3.63, 3.8) is 0 Å². The number of rotatable bonds is 4. The lowest BCUT2D eigenvalue weighted by molar-refractivity contribution is -0.143. The number of carbonyl (C=O) groups excluding carboxylic acids is 3. The van der Waals surface area contributed by atoms with Crippen LogP contribution in [0.25, 0.3) is 0 Å². The van der Waals surface area contributed by atoms with Gasteiger partial charge in [-0.1, -0.05) is 30.3 Å². The number of carbonyl (C=O) groups is 3. The number of piperidine rings is 2. The normalized spacial score (nSPS) is 26.7. The summed E-state index contributed by atoms with van der Waals surface area (Å²) >= 11 is 0.